The zero-order valence-electron chi connectivity index (χ0n) is 14.5. The standard InChI is InChI=1S/C18H25N3OS/c1-13-6-8-15(9-7-13)17(20(3)4)18(22)21(5)11-10-16-14(2)19-12-23-16/h6-9,12,17H,10-11H2,1-5H3/t17-/m1/s1. The monoisotopic (exact) mass is 331 g/mol. The molecular formula is C18H25N3OS. The number of rotatable bonds is 6. The highest BCUT2D eigenvalue weighted by Crippen LogP contribution is 2.21. The van der Waals surface area contributed by atoms with E-state index in [4.69, 9.17) is 0 Å². The van der Waals surface area contributed by atoms with Crippen molar-refractivity contribution in [3.63, 3.8) is 0 Å². The van der Waals surface area contributed by atoms with Crippen LogP contribution in [0.2, 0.25) is 0 Å². The van der Waals surface area contributed by atoms with Crippen LogP contribution in [0.5, 0.6) is 0 Å². The first-order valence-electron chi connectivity index (χ1n) is 7.77. The summed E-state index contributed by atoms with van der Waals surface area (Å²) in [7, 11) is 5.77. The first-order chi connectivity index (χ1) is 10.9. The van der Waals surface area contributed by atoms with Gasteiger partial charge in [0.15, 0.2) is 0 Å². The summed E-state index contributed by atoms with van der Waals surface area (Å²) in [5.74, 6) is 0.126. The Bertz CT molecular complexity index is 649. The average Bonchev–Trinajstić information content (AvgIpc) is 2.92. The first kappa shape index (κ1) is 17.6. The van der Waals surface area contributed by atoms with Gasteiger partial charge in [-0.2, -0.15) is 0 Å². The minimum absolute atomic E-state index is 0.126. The van der Waals surface area contributed by atoms with Crippen molar-refractivity contribution in [2.45, 2.75) is 26.3 Å². The van der Waals surface area contributed by atoms with E-state index < -0.39 is 0 Å². The summed E-state index contributed by atoms with van der Waals surface area (Å²) >= 11 is 1.66. The molecule has 0 saturated carbocycles. The fourth-order valence-corrected chi connectivity index (χ4v) is 3.34. The van der Waals surface area contributed by atoms with Crippen LogP contribution < -0.4 is 0 Å². The summed E-state index contributed by atoms with van der Waals surface area (Å²) in [6, 6.07) is 7.95. The van der Waals surface area contributed by atoms with E-state index in [1.54, 1.807) is 11.3 Å². The van der Waals surface area contributed by atoms with Gasteiger partial charge in [-0.3, -0.25) is 9.69 Å². The van der Waals surface area contributed by atoms with Crippen LogP contribution in [0.15, 0.2) is 29.8 Å². The van der Waals surface area contributed by atoms with E-state index in [0.717, 1.165) is 17.7 Å². The van der Waals surface area contributed by atoms with Crippen LogP contribution in [0.1, 0.15) is 27.7 Å². The molecule has 2 rings (SSSR count). The van der Waals surface area contributed by atoms with Crippen molar-refractivity contribution in [1.29, 1.82) is 0 Å². The number of carbonyl (C=O) groups excluding carboxylic acids is 1. The Balaban J connectivity index is 2.08. The van der Waals surface area contributed by atoms with Crippen molar-refractivity contribution in [3.05, 3.63) is 51.5 Å². The molecule has 5 heteroatoms. The van der Waals surface area contributed by atoms with Crippen molar-refractivity contribution >= 4 is 17.2 Å². The molecule has 4 nitrogen and oxygen atoms in total. The lowest BCUT2D eigenvalue weighted by Gasteiger charge is -2.28. The maximum absolute atomic E-state index is 12.9. The van der Waals surface area contributed by atoms with E-state index in [1.807, 2.05) is 55.5 Å². The molecule has 0 N–H and O–H groups in total. The minimum atomic E-state index is -0.247. The molecule has 1 aromatic carbocycles. The van der Waals surface area contributed by atoms with Crippen LogP contribution in [0.4, 0.5) is 0 Å². The van der Waals surface area contributed by atoms with Gasteiger partial charge in [0.2, 0.25) is 5.91 Å². The molecule has 0 spiro atoms. The van der Waals surface area contributed by atoms with Crippen molar-refractivity contribution in [1.82, 2.24) is 14.8 Å². The molecule has 1 atom stereocenters. The summed E-state index contributed by atoms with van der Waals surface area (Å²) in [5.41, 5.74) is 5.17. The van der Waals surface area contributed by atoms with Gasteiger partial charge in [0, 0.05) is 24.9 Å². The van der Waals surface area contributed by atoms with Crippen LogP contribution in [-0.4, -0.2) is 48.4 Å². The van der Waals surface area contributed by atoms with E-state index in [-0.39, 0.29) is 11.9 Å². The quantitative estimate of drug-likeness (QED) is 0.816. The zero-order chi connectivity index (χ0) is 17.0. The average molecular weight is 331 g/mol. The SMILES string of the molecule is Cc1ccc([C@H](C(=O)N(C)CCc2scnc2C)N(C)C)cc1. The number of likely N-dealkylation sites (N-methyl/N-ethyl adjacent to an activating group) is 2. The van der Waals surface area contributed by atoms with E-state index in [2.05, 4.69) is 24.0 Å². The topological polar surface area (TPSA) is 36.4 Å². The summed E-state index contributed by atoms with van der Waals surface area (Å²) in [4.78, 5) is 22.2. The molecule has 0 aliphatic heterocycles. The van der Waals surface area contributed by atoms with E-state index in [1.165, 1.54) is 10.4 Å². The third-order valence-corrected chi connectivity index (χ3v) is 5.03. The summed E-state index contributed by atoms with van der Waals surface area (Å²) in [6.45, 7) is 4.78. The van der Waals surface area contributed by atoms with Crippen molar-refractivity contribution < 1.29 is 4.79 Å². The van der Waals surface area contributed by atoms with Crippen LogP contribution in [-0.2, 0) is 11.2 Å². The van der Waals surface area contributed by atoms with Gasteiger partial charge in [-0.15, -0.1) is 11.3 Å². The van der Waals surface area contributed by atoms with Gasteiger partial charge >= 0.3 is 0 Å². The van der Waals surface area contributed by atoms with Gasteiger partial charge in [0.25, 0.3) is 0 Å². The molecule has 0 bridgehead atoms. The van der Waals surface area contributed by atoms with Gasteiger partial charge in [-0.1, -0.05) is 29.8 Å². The highest BCUT2D eigenvalue weighted by Gasteiger charge is 2.25. The summed E-state index contributed by atoms with van der Waals surface area (Å²) in [6.07, 6.45) is 0.854. The lowest BCUT2D eigenvalue weighted by molar-refractivity contribution is -0.135. The van der Waals surface area contributed by atoms with E-state index in [0.29, 0.717) is 6.54 Å². The number of aryl methyl sites for hydroxylation is 2. The third-order valence-electron chi connectivity index (χ3n) is 4.04. The predicted molar refractivity (Wildman–Crippen MR) is 95.8 cm³/mol. The number of aromatic nitrogens is 1. The van der Waals surface area contributed by atoms with E-state index in [9.17, 15) is 4.79 Å². The molecule has 0 radical (unpaired) electrons. The fourth-order valence-electron chi connectivity index (χ4n) is 2.56. The van der Waals surface area contributed by atoms with Crippen LogP contribution in [0, 0.1) is 13.8 Å². The number of thiazole rings is 1. The third kappa shape index (κ3) is 4.39. The number of carbonyl (C=O) groups is 1. The Hall–Kier alpha value is -1.72. The Morgan fingerprint density at radius 3 is 2.35 bits per heavy atom. The molecule has 1 aromatic heterocycles. The second kappa shape index (κ2) is 7.70. The molecule has 0 saturated heterocycles. The number of nitrogens with zero attached hydrogens (tertiary/aromatic N) is 3. The highest BCUT2D eigenvalue weighted by molar-refractivity contribution is 7.09. The van der Waals surface area contributed by atoms with Crippen molar-refractivity contribution in [2.24, 2.45) is 0 Å². The summed E-state index contributed by atoms with van der Waals surface area (Å²) < 4.78 is 0. The van der Waals surface area contributed by atoms with E-state index >= 15 is 0 Å². The molecule has 0 aliphatic rings. The largest absolute Gasteiger partial charge is 0.344 e. The zero-order valence-corrected chi connectivity index (χ0v) is 15.4. The van der Waals surface area contributed by atoms with Gasteiger partial charge in [-0.05, 0) is 33.5 Å². The molecular weight excluding hydrogens is 306 g/mol. The lowest BCUT2D eigenvalue weighted by Crippen LogP contribution is -2.39. The number of hydrogen-bond acceptors (Lipinski definition) is 4. The number of amides is 1. The Kier molecular flexibility index (Phi) is 5.91. The summed E-state index contributed by atoms with van der Waals surface area (Å²) in [5, 5.41) is 0. The van der Waals surface area contributed by atoms with Crippen LogP contribution in [0.25, 0.3) is 0 Å². The molecule has 0 fully saturated rings. The second-order valence-corrected chi connectivity index (χ2v) is 7.09. The highest BCUT2D eigenvalue weighted by atomic mass is 32.1. The number of benzene rings is 1. The predicted octanol–water partition coefficient (Wildman–Crippen LogP) is 3.06. The van der Waals surface area contributed by atoms with Gasteiger partial charge in [0.05, 0.1) is 11.2 Å². The maximum atomic E-state index is 12.9. The van der Waals surface area contributed by atoms with Crippen LogP contribution >= 0.6 is 11.3 Å². The van der Waals surface area contributed by atoms with Crippen molar-refractivity contribution in [2.75, 3.05) is 27.7 Å². The Morgan fingerprint density at radius 2 is 1.83 bits per heavy atom. The molecule has 2 aromatic rings. The van der Waals surface area contributed by atoms with Crippen molar-refractivity contribution in [3.8, 4) is 0 Å². The maximum Gasteiger partial charge on any atom is 0.244 e. The molecule has 1 heterocycles. The number of hydrogen-bond donors (Lipinski definition) is 0. The Morgan fingerprint density at radius 1 is 1.17 bits per heavy atom. The molecule has 0 aliphatic carbocycles. The Labute approximate surface area is 142 Å². The van der Waals surface area contributed by atoms with Gasteiger partial charge in [-0.25, -0.2) is 4.98 Å². The van der Waals surface area contributed by atoms with Gasteiger partial charge < -0.3 is 4.90 Å². The minimum Gasteiger partial charge on any atom is -0.344 e. The van der Waals surface area contributed by atoms with Crippen LogP contribution in [0.3, 0.4) is 0 Å². The second-order valence-electron chi connectivity index (χ2n) is 6.15. The molecule has 0 unspecified atom stereocenters. The smallest absolute Gasteiger partial charge is 0.244 e. The molecule has 23 heavy (non-hydrogen) atoms. The fraction of sp³-hybridized carbons (Fsp3) is 0.444. The normalized spacial score (nSPS) is 12.4. The molecule has 1 amide bonds. The van der Waals surface area contributed by atoms with Gasteiger partial charge in [0.1, 0.15) is 6.04 Å². The lowest BCUT2D eigenvalue weighted by atomic mass is 10.0. The molecule has 124 valence electrons. The first-order valence-corrected chi connectivity index (χ1v) is 8.65.